The van der Waals surface area contributed by atoms with Crippen molar-refractivity contribution in [3.8, 4) is 0 Å². The molecule has 0 aliphatic carbocycles. The van der Waals surface area contributed by atoms with Crippen LogP contribution in [-0.2, 0) is 16.0 Å². The molecular weight excluding hydrogens is 432 g/mol. The third-order valence-corrected chi connectivity index (χ3v) is 5.61. The molecule has 4 amide bonds. The van der Waals surface area contributed by atoms with Gasteiger partial charge in [-0.05, 0) is 62.1 Å². The van der Waals surface area contributed by atoms with E-state index in [1.54, 1.807) is 43.0 Å². The number of esters is 1. The quantitative estimate of drug-likeness (QED) is 0.467. The predicted molar refractivity (Wildman–Crippen MR) is 133 cm³/mol. The maximum atomic E-state index is 12.8. The third kappa shape index (κ3) is 5.75. The van der Waals surface area contributed by atoms with Crippen molar-refractivity contribution in [2.75, 3.05) is 23.8 Å². The average molecular weight is 465 g/mol. The second kappa shape index (κ2) is 11.4. The van der Waals surface area contributed by atoms with E-state index in [0.29, 0.717) is 34.8 Å². The lowest BCUT2D eigenvalue weighted by Crippen LogP contribution is -2.48. The largest absolute Gasteiger partial charge is 0.463 e. The van der Waals surface area contributed by atoms with Gasteiger partial charge < -0.3 is 20.7 Å². The highest BCUT2D eigenvalue weighted by Gasteiger charge is 2.36. The molecule has 8 nitrogen and oxygen atoms in total. The van der Waals surface area contributed by atoms with Gasteiger partial charge in [0.05, 0.1) is 18.2 Å². The van der Waals surface area contributed by atoms with Crippen LogP contribution in [0.25, 0.3) is 0 Å². The normalized spacial score (nSPS) is 15.6. The number of aryl methyl sites for hydroxylation is 1. The van der Waals surface area contributed by atoms with Crippen molar-refractivity contribution in [2.24, 2.45) is 0 Å². The first-order valence-electron chi connectivity index (χ1n) is 11.6. The highest BCUT2D eigenvalue weighted by atomic mass is 16.5. The molecule has 1 atom stereocenters. The Kier molecular flexibility index (Phi) is 8.29. The fourth-order valence-electron chi connectivity index (χ4n) is 3.96. The molecule has 0 aromatic heterocycles. The first-order valence-corrected chi connectivity index (χ1v) is 11.6. The molecule has 0 fully saturated rings. The monoisotopic (exact) mass is 464 g/mol. The average Bonchev–Trinajstić information content (AvgIpc) is 2.81. The fourth-order valence-corrected chi connectivity index (χ4v) is 3.96. The van der Waals surface area contributed by atoms with Crippen LogP contribution in [-0.4, -0.2) is 36.1 Å². The summed E-state index contributed by atoms with van der Waals surface area (Å²) in [6.45, 7) is 8.24. The predicted octanol–water partition coefficient (Wildman–Crippen LogP) is 5.21. The van der Waals surface area contributed by atoms with E-state index >= 15 is 0 Å². The summed E-state index contributed by atoms with van der Waals surface area (Å²) in [6, 6.07) is 13.4. The van der Waals surface area contributed by atoms with Crippen LogP contribution < -0.4 is 16.0 Å². The molecule has 8 heteroatoms. The Hall–Kier alpha value is -3.81. The molecule has 180 valence electrons. The van der Waals surface area contributed by atoms with Crippen LogP contribution in [0.1, 0.15) is 51.3 Å². The highest BCUT2D eigenvalue weighted by molar-refractivity contribution is 6.00. The topological polar surface area (TPSA) is 99.8 Å². The Morgan fingerprint density at radius 3 is 2.35 bits per heavy atom. The number of carbonyl (C=O) groups excluding carboxylic acids is 3. The number of hydrogen-bond donors (Lipinski definition) is 3. The lowest BCUT2D eigenvalue weighted by atomic mass is 9.94. The molecule has 1 aliphatic heterocycles. The van der Waals surface area contributed by atoms with Gasteiger partial charge in [0.1, 0.15) is 0 Å². The number of hydrogen-bond acceptors (Lipinski definition) is 4. The van der Waals surface area contributed by atoms with Gasteiger partial charge in [-0.1, -0.05) is 38.1 Å². The number of carbonyl (C=O) groups is 3. The smallest absolute Gasteiger partial charge is 0.338 e. The van der Waals surface area contributed by atoms with Crippen molar-refractivity contribution >= 4 is 29.4 Å². The number of anilines is 2. The van der Waals surface area contributed by atoms with E-state index in [2.05, 4.69) is 22.9 Å². The fraction of sp³-hybridized carbons (Fsp3) is 0.346. The maximum absolute atomic E-state index is 12.8. The SMILES string of the molecule is CCCN1C(=O)NC(c2cccc(NC(=O)Nc3cccc(CC)c3)c2)C(C(=O)OCC)=C1C. The molecule has 34 heavy (non-hydrogen) atoms. The molecule has 0 radical (unpaired) electrons. The molecule has 3 N–H and O–H groups in total. The molecule has 0 spiro atoms. The van der Waals surface area contributed by atoms with Crippen molar-refractivity contribution in [1.29, 1.82) is 0 Å². The van der Waals surface area contributed by atoms with Gasteiger partial charge in [0.15, 0.2) is 0 Å². The van der Waals surface area contributed by atoms with Crippen molar-refractivity contribution in [1.82, 2.24) is 10.2 Å². The third-order valence-electron chi connectivity index (χ3n) is 5.61. The Bertz CT molecular complexity index is 1100. The highest BCUT2D eigenvalue weighted by Crippen LogP contribution is 2.32. The minimum absolute atomic E-state index is 0.227. The van der Waals surface area contributed by atoms with E-state index in [4.69, 9.17) is 4.74 Å². The van der Waals surface area contributed by atoms with Crippen molar-refractivity contribution < 1.29 is 19.1 Å². The summed E-state index contributed by atoms with van der Waals surface area (Å²) in [6.07, 6.45) is 1.62. The van der Waals surface area contributed by atoms with E-state index < -0.39 is 12.0 Å². The van der Waals surface area contributed by atoms with E-state index in [0.717, 1.165) is 18.4 Å². The molecule has 1 aliphatic rings. The minimum Gasteiger partial charge on any atom is -0.463 e. The van der Waals surface area contributed by atoms with Crippen LogP contribution in [0, 0.1) is 0 Å². The van der Waals surface area contributed by atoms with E-state index in [1.807, 2.05) is 31.2 Å². The Labute approximate surface area is 200 Å². The minimum atomic E-state index is -0.689. The second-order valence-electron chi connectivity index (χ2n) is 8.01. The number of nitrogens with one attached hydrogen (secondary N) is 3. The standard InChI is InChI=1S/C26H32N4O4/c1-5-14-30-17(4)22(24(31)34-7-3)23(29-26(30)33)19-11-9-13-21(16-19)28-25(32)27-20-12-8-10-18(6-2)15-20/h8-13,15-16,23H,5-7,14H2,1-4H3,(H,29,33)(H2,27,28,32). The second-order valence-corrected chi connectivity index (χ2v) is 8.01. The molecule has 0 saturated carbocycles. The summed E-state index contributed by atoms with van der Waals surface area (Å²) in [5.41, 5.74) is 3.98. The molecule has 3 rings (SSSR count). The number of nitrogens with zero attached hydrogens (tertiary/aromatic N) is 1. The maximum Gasteiger partial charge on any atom is 0.338 e. The molecule has 1 unspecified atom stereocenters. The molecule has 0 bridgehead atoms. The van der Waals surface area contributed by atoms with Gasteiger partial charge in [-0.25, -0.2) is 14.4 Å². The number of benzene rings is 2. The van der Waals surface area contributed by atoms with Crippen LogP contribution >= 0.6 is 0 Å². The molecule has 2 aromatic carbocycles. The summed E-state index contributed by atoms with van der Waals surface area (Å²) in [5.74, 6) is -0.474. The number of ether oxygens (including phenoxy) is 1. The van der Waals surface area contributed by atoms with E-state index in [1.165, 1.54) is 0 Å². The molecule has 2 aromatic rings. The molecular formula is C26H32N4O4. The number of amides is 4. The summed E-state index contributed by atoms with van der Waals surface area (Å²) in [4.78, 5) is 39.7. The van der Waals surface area contributed by atoms with Crippen molar-refractivity contribution in [3.63, 3.8) is 0 Å². The van der Waals surface area contributed by atoms with Gasteiger partial charge in [-0.3, -0.25) is 4.90 Å². The zero-order chi connectivity index (χ0) is 24.7. The lowest BCUT2D eigenvalue weighted by molar-refractivity contribution is -0.139. The zero-order valence-corrected chi connectivity index (χ0v) is 20.1. The summed E-state index contributed by atoms with van der Waals surface area (Å²) < 4.78 is 5.29. The van der Waals surface area contributed by atoms with Gasteiger partial charge >= 0.3 is 18.0 Å². The number of urea groups is 2. The van der Waals surface area contributed by atoms with Gasteiger partial charge in [-0.2, -0.15) is 0 Å². The zero-order valence-electron chi connectivity index (χ0n) is 20.1. The van der Waals surface area contributed by atoms with Crippen LogP contribution in [0.4, 0.5) is 21.0 Å². The Balaban J connectivity index is 1.85. The number of rotatable bonds is 8. The van der Waals surface area contributed by atoms with Crippen LogP contribution in [0.2, 0.25) is 0 Å². The van der Waals surface area contributed by atoms with E-state index in [9.17, 15) is 14.4 Å². The summed E-state index contributed by atoms with van der Waals surface area (Å²) in [5, 5.41) is 8.57. The van der Waals surface area contributed by atoms with Gasteiger partial charge in [0.2, 0.25) is 0 Å². The first-order chi connectivity index (χ1) is 16.4. The molecule has 0 saturated heterocycles. The van der Waals surface area contributed by atoms with Crippen molar-refractivity contribution in [3.05, 3.63) is 70.9 Å². The Morgan fingerprint density at radius 2 is 1.71 bits per heavy atom. The lowest BCUT2D eigenvalue weighted by Gasteiger charge is -2.35. The Morgan fingerprint density at radius 1 is 1.03 bits per heavy atom. The summed E-state index contributed by atoms with van der Waals surface area (Å²) in [7, 11) is 0. The van der Waals surface area contributed by atoms with Gasteiger partial charge in [0, 0.05) is 23.6 Å². The first kappa shape index (κ1) is 24.8. The van der Waals surface area contributed by atoms with Gasteiger partial charge in [-0.15, -0.1) is 0 Å². The summed E-state index contributed by atoms with van der Waals surface area (Å²) >= 11 is 0. The molecule has 1 heterocycles. The number of allylic oxidation sites excluding steroid dienone is 1. The van der Waals surface area contributed by atoms with Gasteiger partial charge in [0.25, 0.3) is 0 Å². The van der Waals surface area contributed by atoms with Crippen LogP contribution in [0.5, 0.6) is 0 Å². The van der Waals surface area contributed by atoms with Crippen LogP contribution in [0.3, 0.4) is 0 Å². The van der Waals surface area contributed by atoms with E-state index in [-0.39, 0.29) is 18.7 Å². The van der Waals surface area contributed by atoms with Crippen molar-refractivity contribution in [2.45, 2.75) is 46.6 Å². The van der Waals surface area contributed by atoms with Crippen LogP contribution in [0.15, 0.2) is 59.8 Å².